The zero-order chi connectivity index (χ0) is 22.4. The molecule has 166 valence electrons. The standard InChI is InChI=1S/C25H42O4/c1-15(2)25(16(3)4)17-11-12-18(25)20(22(27)29-14-24(8,9)10)19(17)21(26)28-13-23(5,6)7/h11-12,15-20H,13-14H2,1-10H3. The Morgan fingerprint density at radius 1 is 0.759 bits per heavy atom. The number of rotatable bonds is 6. The fourth-order valence-electron chi connectivity index (χ4n) is 5.66. The molecule has 4 atom stereocenters. The lowest BCUT2D eigenvalue weighted by atomic mass is 9.60. The van der Waals surface area contributed by atoms with E-state index < -0.39 is 11.8 Å². The van der Waals surface area contributed by atoms with Crippen LogP contribution in [0.3, 0.4) is 0 Å². The van der Waals surface area contributed by atoms with Crippen LogP contribution in [-0.4, -0.2) is 25.2 Å². The minimum absolute atomic E-state index is 0.00663. The minimum atomic E-state index is -0.468. The third-order valence-corrected chi connectivity index (χ3v) is 6.68. The van der Waals surface area contributed by atoms with E-state index >= 15 is 0 Å². The van der Waals surface area contributed by atoms with Crippen molar-refractivity contribution in [3.05, 3.63) is 12.2 Å². The van der Waals surface area contributed by atoms with E-state index in [9.17, 15) is 9.59 Å². The van der Waals surface area contributed by atoms with Gasteiger partial charge in [0, 0.05) is 0 Å². The molecule has 0 amide bonds. The van der Waals surface area contributed by atoms with Crippen molar-refractivity contribution in [1.82, 2.24) is 0 Å². The van der Waals surface area contributed by atoms with Crippen LogP contribution in [0, 0.1) is 51.8 Å². The molecule has 0 radical (unpaired) electrons. The maximum atomic E-state index is 13.3. The lowest BCUT2D eigenvalue weighted by molar-refractivity contribution is -0.164. The molecule has 0 N–H and O–H groups in total. The van der Waals surface area contributed by atoms with E-state index in [4.69, 9.17) is 9.47 Å². The van der Waals surface area contributed by atoms with E-state index in [2.05, 4.69) is 39.8 Å². The van der Waals surface area contributed by atoms with Gasteiger partial charge in [-0.3, -0.25) is 9.59 Å². The van der Waals surface area contributed by atoms with Crippen molar-refractivity contribution in [2.75, 3.05) is 13.2 Å². The maximum absolute atomic E-state index is 13.3. The SMILES string of the molecule is CC(C)C1(C(C)C)C2C=CC1C(C(=O)OCC(C)(C)C)C2C(=O)OCC(C)(C)C. The molecule has 0 aliphatic heterocycles. The summed E-state index contributed by atoms with van der Waals surface area (Å²) in [6, 6.07) is 0. The van der Waals surface area contributed by atoms with Gasteiger partial charge in [0.2, 0.25) is 0 Å². The molecule has 0 aromatic rings. The first-order chi connectivity index (χ1) is 13.1. The van der Waals surface area contributed by atoms with Crippen molar-refractivity contribution in [1.29, 1.82) is 0 Å². The van der Waals surface area contributed by atoms with Crippen LogP contribution in [0.25, 0.3) is 0 Å². The van der Waals surface area contributed by atoms with Gasteiger partial charge in [-0.1, -0.05) is 81.4 Å². The summed E-state index contributed by atoms with van der Waals surface area (Å²) < 4.78 is 11.5. The third kappa shape index (κ3) is 4.56. The lowest BCUT2D eigenvalue weighted by Crippen LogP contribution is -2.40. The average Bonchev–Trinajstić information content (AvgIpc) is 3.08. The summed E-state index contributed by atoms with van der Waals surface area (Å²) in [6.07, 6.45) is 4.34. The Bertz CT molecular complexity index is 589. The number of esters is 2. The molecular formula is C25H42O4. The molecule has 2 rings (SSSR count). The molecule has 2 bridgehead atoms. The van der Waals surface area contributed by atoms with Crippen molar-refractivity contribution in [3.8, 4) is 0 Å². The fraction of sp³-hybridized carbons (Fsp3) is 0.840. The van der Waals surface area contributed by atoms with Gasteiger partial charge in [0.15, 0.2) is 0 Å². The largest absolute Gasteiger partial charge is 0.465 e. The summed E-state index contributed by atoms with van der Waals surface area (Å²) in [7, 11) is 0. The highest BCUT2D eigenvalue weighted by molar-refractivity contribution is 5.85. The quantitative estimate of drug-likeness (QED) is 0.431. The summed E-state index contributed by atoms with van der Waals surface area (Å²) in [4.78, 5) is 26.5. The summed E-state index contributed by atoms with van der Waals surface area (Å²) in [5.74, 6) is -0.745. The number of carbonyl (C=O) groups excluding carboxylic acids is 2. The van der Waals surface area contributed by atoms with Crippen LogP contribution in [0.4, 0.5) is 0 Å². The Kier molecular flexibility index (Phi) is 6.67. The topological polar surface area (TPSA) is 52.6 Å². The van der Waals surface area contributed by atoms with E-state index in [-0.39, 0.29) is 40.0 Å². The van der Waals surface area contributed by atoms with Crippen molar-refractivity contribution in [3.63, 3.8) is 0 Å². The predicted molar refractivity (Wildman–Crippen MR) is 116 cm³/mol. The van der Waals surface area contributed by atoms with Crippen LogP contribution in [0.5, 0.6) is 0 Å². The van der Waals surface area contributed by atoms with E-state index in [0.717, 1.165) is 0 Å². The zero-order valence-electron chi connectivity index (χ0n) is 20.2. The molecule has 2 aliphatic rings. The van der Waals surface area contributed by atoms with Crippen LogP contribution in [0.1, 0.15) is 69.2 Å². The number of fused-ring (bicyclic) bond motifs is 2. The zero-order valence-corrected chi connectivity index (χ0v) is 20.2. The Labute approximate surface area is 177 Å². The van der Waals surface area contributed by atoms with Gasteiger partial charge in [-0.15, -0.1) is 0 Å². The Hall–Kier alpha value is -1.32. The van der Waals surface area contributed by atoms with Crippen LogP contribution in [0.2, 0.25) is 0 Å². The van der Waals surface area contributed by atoms with E-state index in [1.807, 2.05) is 41.5 Å². The number of hydrogen-bond donors (Lipinski definition) is 0. The van der Waals surface area contributed by atoms with Gasteiger partial charge in [0.05, 0.1) is 25.0 Å². The summed E-state index contributed by atoms with van der Waals surface area (Å²) in [5, 5.41) is 0. The summed E-state index contributed by atoms with van der Waals surface area (Å²) >= 11 is 0. The van der Waals surface area contributed by atoms with Crippen molar-refractivity contribution in [2.24, 2.45) is 51.8 Å². The summed E-state index contributed by atoms with van der Waals surface area (Å²) in [5.41, 5.74) is -0.353. The second kappa shape index (κ2) is 8.07. The van der Waals surface area contributed by atoms with Gasteiger partial charge in [-0.25, -0.2) is 0 Å². The van der Waals surface area contributed by atoms with Crippen molar-refractivity contribution < 1.29 is 19.1 Å². The molecule has 0 heterocycles. The average molecular weight is 407 g/mol. The lowest BCUT2D eigenvalue weighted by Gasteiger charge is -2.43. The Morgan fingerprint density at radius 2 is 1.07 bits per heavy atom. The van der Waals surface area contributed by atoms with E-state index in [1.165, 1.54) is 0 Å². The van der Waals surface area contributed by atoms with Gasteiger partial charge in [-0.2, -0.15) is 0 Å². The fourth-order valence-corrected chi connectivity index (χ4v) is 5.66. The van der Waals surface area contributed by atoms with Gasteiger partial charge in [0.25, 0.3) is 0 Å². The maximum Gasteiger partial charge on any atom is 0.310 e. The second-order valence-electron chi connectivity index (χ2n) is 12.1. The molecule has 0 aromatic heterocycles. The first kappa shape index (κ1) is 24.0. The molecule has 4 heteroatoms. The van der Waals surface area contributed by atoms with Crippen molar-refractivity contribution in [2.45, 2.75) is 69.2 Å². The number of carbonyl (C=O) groups is 2. The summed E-state index contributed by atoms with van der Waals surface area (Å²) in [6.45, 7) is 21.8. The van der Waals surface area contributed by atoms with Gasteiger partial charge < -0.3 is 9.47 Å². The van der Waals surface area contributed by atoms with Crippen LogP contribution in [-0.2, 0) is 19.1 Å². The van der Waals surface area contributed by atoms with E-state index in [1.54, 1.807) is 0 Å². The van der Waals surface area contributed by atoms with Crippen LogP contribution in [0.15, 0.2) is 12.2 Å². The Balaban J connectivity index is 2.40. The van der Waals surface area contributed by atoms with Gasteiger partial charge in [0.1, 0.15) is 0 Å². The molecular weight excluding hydrogens is 364 g/mol. The highest BCUT2D eigenvalue weighted by Crippen LogP contribution is 2.66. The van der Waals surface area contributed by atoms with Gasteiger partial charge >= 0.3 is 11.9 Å². The molecule has 1 fully saturated rings. The molecule has 2 aliphatic carbocycles. The van der Waals surface area contributed by atoms with Crippen LogP contribution < -0.4 is 0 Å². The highest BCUT2D eigenvalue weighted by atomic mass is 16.5. The number of allylic oxidation sites excluding steroid dienone is 2. The molecule has 0 aromatic carbocycles. The van der Waals surface area contributed by atoms with Gasteiger partial charge in [-0.05, 0) is 39.9 Å². The minimum Gasteiger partial charge on any atom is -0.465 e. The molecule has 0 saturated heterocycles. The smallest absolute Gasteiger partial charge is 0.310 e. The normalized spacial score (nSPS) is 28.3. The number of hydrogen-bond acceptors (Lipinski definition) is 4. The second-order valence-corrected chi connectivity index (χ2v) is 12.1. The molecule has 0 spiro atoms. The first-order valence-electron chi connectivity index (χ1n) is 11.1. The first-order valence-corrected chi connectivity index (χ1v) is 11.1. The molecule has 4 nitrogen and oxygen atoms in total. The molecule has 29 heavy (non-hydrogen) atoms. The highest BCUT2D eigenvalue weighted by Gasteiger charge is 2.67. The third-order valence-electron chi connectivity index (χ3n) is 6.68. The number of ether oxygens (including phenoxy) is 2. The predicted octanol–water partition coefficient (Wildman–Crippen LogP) is 5.51. The Morgan fingerprint density at radius 3 is 1.31 bits per heavy atom. The van der Waals surface area contributed by atoms with Crippen LogP contribution >= 0.6 is 0 Å². The van der Waals surface area contributed by atoms with E-state index in [0.29, 0.717) is 25.0 Å². The van der Waals surface area contributed by atoms with Crippen molar-refractivity contribution >= 4 is 11.9 Å². The molecule has 1 saturated carbocycles. The molecule has 4 unspecified atom stereocenters. The monoisotopic (exact) mass is 406 g/mol.